The summed E-state index contributed by atoms with van der Waals surface area (Å²) < 4.78 is 6.97. The average molecular weight is 643 g/mol. The van der Waals surface area contributed by atoms with E-state index in [9.17, 15) is 19.2 Å². The lowest BCUT2D eigenvalue weighted by Gasteiger charge is -2.19. The van der Waals surface area contributed by atoms with Gasteiger partial charge in [0.2, 0.25) is 5.43 Å². The van der Waals surface area contributed by atoms with E-state index >= 15 is 0 Å². The number of aromatic nitrogens is 3. The fraction of sp³-hybridized carbons (Fsp3) is 0.353. The summed E-state index contributed by atoms with van der Waals surface area (Å²) in [7, 11) is 1.45. The summed E-state index contributed by atoms with van der Waals surface area (Å²) in [5, 5.41) is 11.1. The van der Waals surface area contributed by atoms with Gasteiger partial charge in [-0.1, -0.05) is 31.0 Å². The Hall–Kier alpha value is -5.46. The number of hydrogen-bond acceptors (Lipinski definition) is 8. The molecule has 0 bridgehead atoms. The van der Waals surface area contributed by atoms with E-state index in [1.807, 2.05) is 39.0 Å². The number of aryl methyl sites for hydroxylation is 1. The number of nitrogens with one attached hydrogen (secondary N) is 4. The molecule has 0 aliphatic heterocycles. The molecule has 3 aromatic heterocycles. The molecule has 0 aliphatic rings. The number of nitrogen functional groups attached to an aromatic ring is 1. The first-order chi connectivity index (χ1) is 22.5. The number of hydrogen-bond donors (Lipinski definition) is 5. The second kappa shape index (κ2) is 15.7. The molecule has 0 fully saturated rings. The van der Waals surface area contributed by atoms with E-state index in [1.165, 1.54) is 7.05 Å². The second-order valence-corrected chi connectivity index (χ2v) is 12.0. The topological polar surface area (TPSA) is 182 Å². The Labute approximate surface area is 273 Å². The number of fused-ring (bicyclic) bond motifs is 1. The Morgan fingerprint density at radius 2 is 1.70 bits per heavy atom. The molecule has 3 heterocycles. The fourth-order valence-electron chi connectivity index (χ4n) is 4.90. The highest BCUT2D eigenvalue weighted by Gasteiger charge is 2.21. The lowest BCUT2D eigenvalue weighted by molar-refractivity contribution is 0.0526. The van der Waals surface area contributed by atoms with Crippen molar-refractivity contribution in [2.75, 3.05) is 24.6 Å². The predicted molar refractivity (Wildman–Crippen MR) is 182 cm³/mol. The van der Waals surface area contributed by atoms with Crippen molar-refractivity contribution < 1.29 is 19.1 Å². The van der Waals surface area contributed by atoms with Gasteiger partial charge in [0.25, 0.3) is 5.91 Å². The van der Waals surface area contributed by atoms with E-state index in [0.29, 0.717) is 43.1 Å². The SMILES string of the molecule is CNC(=O)c1c(N)n(CCCCCCNC(=O)OC(C)(C)C)c2nc(-c3ccc(NC(=O)NCc4cccnc4)cc3)ccc2c1=O. The number of amides is 4. The third-order valence-corrected chi connectivity index (χ3v) is 7.19. The molecule has 4 amide bonds. The van der Waals surface area contributed by atoms with Gasteiger partial charge in [-0.3, -0.25) is 14.6 Å². The Bertz CT molecular complexity index is 1770. The molecule has 0 atom stereocenters. The quantitative estimate of drug-likeness (QED) is 0.136. The van der Waals surface area contributed by atoms with Crippen LogP contribution in [0.4, 0.5) is 21.1 Å². The molecule has 0 saturated carbocycles. The standard InChI is InChI=1S/C34H42N8O5/c1-34(2,3)47-33(46)38-18-7-5-6-8-19-42-29(35)27(31(44)36-4)28(43)25-15-16-26(41-30(25)42)23-11-13-24(14-12-23)40-32(45)39-21-22-10-9-17-37-20-22/h9-17,20H,5-8,18-19,21,35H2,1-4H3,(H,36,44)(H,38,46)(H2,39,40,45). The molecule has 4 rings (SSSR count). The molecule has 0 aliphatic carbocycles. The number of alkyl carbamates (subject to hydrolysis) is 1. The summed E-state index contributed by atoms with van der Waals surface area (Å²) >= 11 is 0. The Kier molecular flexibility index (Phi) is 11.5. The van der Waals surface area contributed by atoms with E-state index in [4.69, 9.17) is 15.5 Å². The summed E-state index contributed by atoms with van der Waals surface area (Å²) in [6.07, 6.45) is 6.05. The van der Waals surface area contributed by atoms with Crippen molar-refractivity contribution in [3.8, 4) is 11.3 Å². The van der Waals surface area contributed by atoms with Gasteiger partial charge in [-0.2, -0.15) is 0 Å². The van der Waals surface area contributed by atoms with Crippen LogP contribution < -0.4 is 32.4 Å². The Balaban J connectivity index is 1.46. The summed E-state index contributed by atoms with van der Waals surface area (Å²) in [4.78, 5) is 59.1. The van der Waals surface area contributed by atoms with Gasteiger partial charge < -0.3 is 36.3 Å². The monoisotopic (exact) mass is 642 g/mol. The van der Waals surface area contributed by atoms with Crippen molar-refractivity contribution in [3.05, 3.63) is 82.3 Å². The van der Waals surface area contributed by atoms with Crippen molar-refractivity contribution in [2.45, 2.75) is 65.1 Å². The number of rotatable bonds is 12. The number of urea groups is 1. The molecule has 0 unspecified atom stereocenters. The number of anilines is 2. The van der Waals surface area contributed by atoms with Crippen LogP contribution in [0.1, 0.15) is 62.4 Å². The maximum atomic E-state index is 13.3. The minimum Gasteiger partial charge on any atom is -0.444 e. The molecule has 4 aromatic rings. The summed E-state index contributed by atoms with van der Waals surface area (Å²) in [6, 6.07) is 13.9. The third kappa shape index (κ3) is 9.52. The summed E-state index contributed by atoms with van der Waals surface area (Å²) in [6.45, 7) is 6.71. The van der Waals surface area contributed by atoms with E-state index < -0.39 is 23.0 Å². The lowest BCUT2D eigenvalue weighted by atomic mass is 10.1. The van der Waals surface area contributed by atoms with Gasteiger partial charge in [-0.15, -0.1) is 0 Å². The second-order valence-electron chi connectivity index (χ2n) is 12.0. The van der Waals surface area contributed by atoms with Crippen molar-refractivity contribution in [3.63, 3.8) is 0 Å². The van der Waals surface area contributed by atoms with Crippen LogP contribution in [-0.4, -0.2) is 51.8 Å². The molecule has 13 nitrogen and oxygen atoms in total. The van der Waals surface area contributed by atoms with Gasteiger partial charge >= 0.3 is 12.1 Å². The molecular weight excluding hydrogens is 600 g/mol. The predicted octanol–water partition coefficient (Wildman–Crippen LogP) is 4.81. The molecule has 1 aromatic carbocycles. The molecule has 0 spiro atoms. The highest BCUT2D eigenvalue weighted by Crippen LogP contribution is 2.25. The van der Waals surface area contributed by atoms with Gasteiger partial charge in [0.05, 0.1) is 11.1 Å². The number of carbonyl (C=O) groups excluding carboxylic acids is 3. The average Bonchev–Trinajstić information content (AvgIpc) is 3.04. The van der Waals surface area contributed by atoms with Crippen LogP contribution in [0, 0.1) is 0 Å². The number of nitrogens with two attached hydrogens (primary N) is 1. The molecule has 0 radical (unpaired) electrons. The minimum absolute atomic E-state index is 0.0509. The number of nitrogens with zero attached hydrogens (tertiary/aromatic N) is 3. The molecule has 6 N–H and O–H groups in total. The first-order valence-electron chi connectivity index (χ1n) is 15.5. The maximum Gasteiger partial charge on any atom is 0.407 e. The van der Waals surface area contributed by atoms with Gasteiger partial charge in [0.15, 0.2) is 0 Å². The van der Waals surface area contributed by atoms with Gasteiger partial charge in [-0.25, -0.2) is 14.6 Å². The minimum atomic E-state index is -0.562. The number of pyridine rings is 3. The van der Waals surface area contributed by atoms with Gasteiger partial charge in [-0.05, 0) is 69.5 Å². The van der Waals surface area contributed by atoms with Gasteiger partial charge in [0.1, 0.15) is 22.6 Å². The van der Waals surface area contributed by atoms with Crippen LogP contribution in [0.2, 0.25) is 0 Å². The van der Waals surface area contributed by atoms with Crippen molar-refractivity contribution in [1.29, 1.82) is 0 Å². The largest absolute Gasteiger partial charge is 0.444 e. The first-order valence-corrected chi connectivity index (χ1v) is 15.5. The highest BCUT2D eigenvalue weighted by atomic mass is 16.6. The van der Waals surface area contributed by atoms with Crippen molar-refractivity contribution in [1.82, 2.24) is 30.5 Å². The highest BCUT2D eigenvalue weighted by molar-refractivity contribution is 6.01. The maximum absolute atomic E-state index is 13.3. The molecule has 0 saturated heterocycles. The van der Waals surface area contributed by atoms with Crippen molar-refractivity contribution in [2.24, 2.45) is 0 Å². The Morgan fingerprint density at radius 1 is 0.957 bits per heavy atom. The van der Waals surface area contributed by atoms with Crippen molar-refractivity contribution >= 4 is 40.6 Å². The van der Waals surface area contributed by atoms with Crippen LogP contribution in [0.5, 0.6) is 0 Å². The number of unbranched alkanes of at least 4 members (excludes halogenated alkanes) is 3. The molecule has 248 valence electrons. The van der Waals surface area contributed by atoms with E-state index in [2.05, 4.69) is 26.3 Å². The van der Waals surface area contributed by atoms with Gasteiger partial charge in [0, 0.05) is 50.3 Å². The van der Waals surface area contributed by atoms with Crippen LogP contribution in [-0.2, 0) is 17.8 Å². The van der Waals surface area contributed by atoms with E-state index in [1.54, 1.807) is 47.3 Å². The van der Waals surface area contributed by atoms with E-state index in [-0.39, 0.29) is 22.8 Å². The first kappa shape index (κ1) is 34.4. The smallest absolute Gasteiger partial charge is 0.407 e. The summed E-state index contributed by atoms with van der Waals surface area (Å²) in [5.41, 5.74) is 8.50. The summed E-state index contributed by atoms with van der Waals surface area (Å²) in [5.74, 6) is -0.511. The van der Waals surface area contributed by atoms with Crippen LogP contribution in [0.25, 0.3) is 22.3 Å². The van der Waals surface area contributed by atoms with Crippen LogP contribution in [0.3, 0.4) is 0 Å². The van der Waals surface area contributed by atoms with E-state index in [0.717, 1.165) is 30.4 Å². The number of carbonyl (C=O) groups is 3. The zero-order valence-electron chi connectivity index (χ0n) is 27.2. The number of ether oxygens (including phenoxy) is 1. The fourth-order valence-corrected chi connectivity index (χ4v) is 4.90. The molecular formula is C34H42N8O5. The normalized spacial score (nSPS) is 11.1. The zero-order chi connectivity index (χ0) is 34.0. The molecule has 47 heavy (non-hydrogen) atoms. The molecule has 13 heteroatoms. The lowest BCUT2D eigenvalue weighted by Crippen LogP contribution is -2.33. The Morgan fingerprint density at radius 3 is 2.38 bits per heavy atom. The zero-order valence-corrected chi connectivity index (χ0v) is 27.2. The van der Waals surface area contributed by atoms with Crippen LogP contribution in [0.15, 0.2) is 65.7 Å². The van der Waals surface area contributed by atoms with Crippen LogP contribution >= 0.6 is 0 Å². The third-order valence-electron chi connectivity index (χ3n) is 7.19. The number of benzene rings is 1.